The van der Waals surface area contributed by atoms with Crippen molar-refractivity contribution in [3.8, 4) is 0 Å². The molecule has 21 heavy (non-hydrogen) atoms. The molecule has 3 rings (SSSR count). The fourth-order valence-corrected chi connectivity index (χ4v) is 2.26. The molecule has 2 heterocycles. The molecule has 0 unspecified atom stereocenters. The highest BCUT2D eigenvalue weighted by atomic mass is 35.5. The van der Waals surface area contributed by atoms with Gasteiger partial charge in [-0.3, -0.25) is 9.48 Å². The molecule has 1 amide bonds. The zero-order valence-corrected chi connectivity index (χ0v) is 12.4. The first-order chi connectivity index (χ1) is 10.1. The average Bonchev–Trinajstić information content (AvgIpc) is 2.82. The smallest absolute Gasteiger partial charge is 0.278 e. The first-order valence-electron chi connectivity index (χ1n) is 5.97. The monoisotopic (exact) mass is 321 g/mol. The molecule has 0 saturated carbocycles. The Bertz CT molecular complexity index is 846. The van der Waals surface area contributed by atoms with Gasteiger partial charge >= 0.3 is 0 Å². The van der Waals surface area contributed by atoms with Crippen molar-refractivity contribution in [1.29, 1.82) is 0 Å². The number of fused-ring (bicyclic) bond motifs is 1. The summed E-state index contributed by atoms with van der Waals surface area (Å²) in [5.41, 5.74) is 1.15. The fraction of sp³-hybridized carbons (Fsp3) is 0.0769. The van der Waals surface area contributed by atoms with Gasteiger partial charge in [0.05, 0.1) is 5.52 Å². The lowest BCUT2D eigenvalue weighted by molar-refractivity contribution is 0.102. The molecule has 2 aromatic heterocycles. The van der Waals surface area contributed by atoms with Crippen LogP contribution in [0.3, 0.4) is 0 Å². The van der Waals surface area contributed by atoms with Gasteiger partial charge in [-0.2, -0.15) is 5.10 Å². The lowest BCUT2D eigenvalue weighted by Crippen LogP contribution is -2.15. The number of rotatable bonds is 2. The maximum absolute atomic E-state index is 12.4. The van der Waals surface area contributed by atoms with Gasteiger partial charge in [-0.05, 0) is 6.07 Å². The number of nitrogens with zero attached hydrogens (tertiary/aromatic N) is 4. The van der Waals surface area contributed by atoms with Gasteiger partial charge < -0.3 is 5.32 Å². The van der Waals surface area contributed by atoms with Gasteiger partial charge in [0.1, 0.15) is 11.3 Å². The molecular weight excluding hydrogens is 313 g/mol. The molecule has 8 heteroatoms. The lowest BCUT2D eigenvalue weighted by Gasteiger charge is -2.04. The number of anilines is 1. The van der Waals surface area contributed by atoms with Gasteiger partial charge in [-0.15, -0.1) is 0 Å². The Labute approximate surface area is 129 Å². The molecular formula is C13H9Cl2N5O. The number of para-hydroxylation sites is 1. The first kappa shape index (κ1) is 13.8. The van der Waals surface area contributed by atoms with Gasteiger partial charge in [0.15, 0.2) is 16.7 Å². The molecule has 0 aliphatic heterocycles. The highest BCUT2D eigenvalue weighted by molar-refractivity contribution is 6.43. The maximum Gasteiger partial charge on any atom is 0.278 e. The van der Waals surface area contributed by atoms with Crippen molar-refractivity contribution >= 4 is 45.8 Å². The average molecular weight is 322 g/mol. The van der Waals surface area contributed by atoms with E-state index in [2.05, 4.69) is 20.4 Å². The molecule has 3 aromatic rings. The molecule has 0 aliphatic carbocycles. The minimum atomic E-state index is -0.413. The van der Waals surface area contributed by atoms with Crippen molar-refractivity contribution in [3.05, 3.63) is 46.5 Å². The molecule has 0 spiro atoms. The van der Waals surface area contributed by atoms with E-state index in [1.54, 1.807) is 11.7 Å². The molecule has 0 bridgehead atoms. The van der Waals surface area contributed by atoms with Gasteiger partial charge in [0.2, 0.25) is 0 Å². The summed E-state index contributed by atoms with van der Waals surface area (Å²) >= 11 is 11.7. The Balaban J connectivity index is 2.00. The molecule has 6 nitrogen and oxygen atoms in total. The number of hydrogen-bond donors (Lipinski definition) is 1. The van der Waals surface area contributed by atoms with Crippen molar-refractivity contribution in [2.45, 2.75) is 0 Å². The van der Waals surface area contributed by atoms with Crippen LogP contribution in [0.4, 0.5) is 5.82 Å². The number of hydrogen-bond acceptors (Lipinski definition) is 4. The summed E-state index contributed by atoms with van der Waals surface area (Å²) < 4.78 is 1.64. The standard InChI is InChI=1S/C13H9Cl2N5O/c1-20-8-5-3-2-4-7(8)10(19-20)13(21)18-12-9(14)11(15)16-6-17-12/h2-6H,1H3,(H,16,17,18,21). The predicted octanol–water partition coefficient (Wildman–Crippen LogP) is 2.92. The molecule has 1 N–H and O–H groups in total. The number of benzene rings is 1. The third kappa shape index (κ3) is 2.43. The van der Waals surface area contributed by atoms with Gasteiger partial charge in [-0.1, -0.05) is 41.4 Å². The van der Waals surface area contributed by atoms with Crippen LogP contribution in [0.1, 0.15) is 10.5 Å². The summed E-state index contributed by atoms with van der Waals surface area (Å²) in [6, 6.07) is 7.43. The SMILES string of the molecule is Cn1nc(C(=O)Nc2ncnc(Cl)c2Cl)c2ccccc21. The number of halogens is 2. The van der Waals surface area contributed by atoms with Crippen LogP contribution in [0.25, 0.3) is 10.9 Å². The maximum atomic E-state index is 12.4. The molecule has 0 fully saturated rings. The van der Waals surface area contributed by atoms with Crippen LogP contribution in [0, 0.1) is 0 Å². The number of aromatic nitrogens is 4. The Morgan fingerprint density at radius 2 is 2.00 bits per heavy atom. The second-order valence-electron chi connectivity index (χ2n) is 4.27. The summed E-state index contributed by atoms with van der Waals surface area (Å²) in [4.78, 5) is 20.0. The van der Waals surface area contributed by atoms with Gasteiger partial charge in [0, 0.05) is 12.4 Å². The number of amides is 1. The summed E-state index contributed by atoms with van der Waals surface area (Å²) in [6.45, 7) is 0. The highest BCUT2D eigenvalue weighted by Gasteiger charge is 2.18. The molecule has 0 atom stereocenters. The summed E-state index contributed by atoms with van der Waals surface area (Å²) in [5.74, 6) is -0.264. The van der Waals surface area contributed by atoms with Crippen molar-refractivity contribution in [1.82, 2.24) is 19.7 Å². The van der Waals surface area contributed by atoms with Crippen LogP contribution in [-0.4, -0.2) is 25.7 Å². The zero-order valence-electron chi connectivity index (χ0n) is 10.8. The van der Waals surface area contributed by atoms with E-state index in [-0.39, 0.29) is 16.0 Å². The summed E-state index contributed by atoms with van der Waals surface area (Å²) in [5, 5.41) is 7.73. The largest absolute Gasteiger partial charge is 0.304 e. The highest BCUT2D eigenvalue weighted by Crippen LogP contribution is 2.26. The first-order valence-corrected chi connectivity index (χ1v) is 6.72. The Kier molecular flexibility index (Phi) is 3.48. The van der Waals surface area contributed by atoms with E-state index in [0.29, 0.717) is 5.69 Å². The van der Waals surface area contributed by atoms with E-state index in [0.717, 1.165) is 10.9 Å². The molecule has 106 valence electrons. The van der Waals surface area contributed by atoms with Crippen LogP contribution in [-0.2, 0) is 7.05 Å². The van der Waals surface area contributed by atoms with Crippen LogP contribution in [0.5, 0.6) is 0 Å². The number of nitrogens with one attached hydrogen (secondary N) is 1. The number of carbonyl (C=O) groups excluding carboxylic acids is 1. The Morgan fingerprint density at radius 1 is 1.24 bits per heavy atom. The number of aryl methyl sites for hydroxylation is 1. The van der Waals surface area contributed by atoms with Crippen molar-refractivity contribution in [3.63, 3.8) is 0 Å². The minimum absolute atomic E-state index is 0.0767. The summed E-state index contributed by atoms with van der Waals surface area (Å²) in [7, 11) is 1.77. The normalized spacial score (nSPS) is 10.8. The second-order valence-corrected chi connectivity index (χ2v) is 5.01. The second kappa shape index (κ2) is 5.31. The van der Waals surface area contributed by atoms with Gasteiger partial charge in [-0.25, -0.2) is 9.97 Å². The van der Waals surface area contributed by atoms with E-state index in [1.807, 2.05) is 24.3 Å². The van der Waals surface area contributed by atoms with E-state index in [4.69, 9.17) is 23.2 Å². The van der Waals surface area contributed by atoms with E-state index >= 15 is 0 Å². The topological polar surface area (TPSA) is 72.7 Å². The van der Waals surface area contributed by atoms with E-state index in [1.165, 1.54) is 6.33 Å². The van der Waals surface area contributed by atoms with Gasteiger partial charge in [0.25, 0.3) is 5.91 Å². The molecule has 0 saturated heterocycles. The molecule has 0 radical (unpaired) electrons. The van der Waals surface area contributed by atoms with E-state index in [9.17, 15) is 4.79 Å². The Hall–Kier alpha value is -2.18. The quantitative estimate of drug-likeness (QED) is 0.736. The fourth-order valence-electron chi connectivity index (χ4n) is 1.98. The van der Waals surface area contributed by atoms with Crippen molar-refractivity contribution in [2.24, 2.45) is 7.05 Å². The van der Waals surface area contributed by atoms with Crippen molar-refractivity contribution in [2.75, 3.05) is 5.32 Å². The number of carbonyl (C=O) groups is 1. The zero-order chi connectivity index (χ0) is 15.0. The predicted molar refractivity (Wildman–Crippen MR) is 80.7 cm³/mol. The third-order valence-electron chi connectivity index (χ3n) is 2.95. The third-order valence-corrected chi connectivity index (χ3v) is 3.69. The van der Waals surface area contributed by atoms with Crippen LogP contribution in [0.2, 0.25) is 10.2 Å². The van der Waals surface area contributed by atoms with Crippen LogP contribution < -0.4 is 5.32 Å². The van der Waals surface area contributed by atoms with Crippen molar-refractivity contribution < 1.29 is 4.79 Å². The lowest BCUT2D eigenvalue weighted by atomic mass is 10.2. The Morgan fingerprint density at radius 3 is 2.81 bits per heavy atom. The minimum Gasteiger partial charge on any atom is -0.304 e. The molecule has 0 aliphatic rings. The van der Waals surface area contributed by atoms with Crippen LogP contribution >= 0.6 is 23.2 Å². The molecule has 1 aromatic carbocycles. The van der Waals surface area contributed by atoms with Crippen LogP contribution in [0.15, 0.2) is 30.6 Å². The summed E-state index contributed by atoms with van der Waals surface area (Å²) in [6.07, 6.45) is 1.22. The van der Waals surface area contributed by atoms with E-state index < -0.39 is 5.91 Å².